The van der Waals surface area contributed by atoms with Crippen molar-refractivity contribution in [2.45, 2.75) is 12.8 Å². The molecule has 0 saturated carbocycles. The van der Waals surface area contributed by atoms with Crippen molar-refractivity contribution in [3.63, 3.8) is 0 Å². The number of carbonyl (C=O) groups excluding carboxylic acids is 2. The summed E-state index contributed by atoms with van der Waals surface area (Å²) in [7, 11) is 0. The topological polar surface area (TPSA) is 81.4 Å². The molecular formula is C7H13ClN2O3. The Bertz CT molecular complexity index is 175. The van der Waals surface area contributed by atoms with Crippen molar-refractivity contribution in [1.82, 2.24) is 5.32 Å². The Morgan fingerprint density at radius 2 is 2.08 bits per heavy atom. The molecule has 0 aromatic heterocycles. The van der Waals surface area contributed by atoms with Crippen LogP contribution in [0.1, 0.15) is 12.8 Å². The molecule has 3 N–H and O–H groups in total. The lowest BCUT2D eigenvalue weighted by Gasteiger charge is -2.02. The summed E-state index contributed by atoms with van der Waals surface area (Å²) in [5, 5.41) is 2.58. The van der Waals surface area contributed by atoms with Gasteiger partial charge in [-0.15, -0.1) is 11.6 Å². The molecule has 0 aromatic rings. The third kappa shape index (κ3) is 8.94. The number of halogens is 1. The number of amides is 2. The van der Waals surface area contributed by atoms with Crippen molar-refractivity contribution in [1.29, 1.82) is 0 Å². The number of ether oxygens (including phenoxy) is 1. The zero-order valence-corrected chi connectivity index (χ0v) is 7.97. The average Bonchev–Trinajstić information content (AvgIpc) is 2.10. The molecule has 13 heavy (non-hydrogen) atoms. The minimum absolute atomic E-state index is 0.0300. The lowest BCUT2D eigenvalue weighted by Crippen LogP contribution is -2.25. The standard InChI is InChI=1S/C7H13ClN2O3/c8-5-6(11)10-3-1-2-4-13-7(9)12/h1-5H2,(H2,9,12)(H,10,11). The number of nitrogens with two attached hydrogens (primary N) is 1. The van der Waals surface area contributed by atoms with E-state index in [9.17, 15) is 9.59 Å². The molecule has 2 amide bonds. The second-order valence-corrected chi connectivity index (χ2v) is 2.63. The van der Waals surface area contributed by atoms with Gasteiger partial charge in [-0.05, 0) is 12.8 Å². The minimum Gasteiger partial charge on any atom is -0.450 e. The second kappa shape index (κ2) is 7.67. The molecule has 0 fully saturated rings. The lowest BCUT2D eigenvalue weighted by atomic mass is 10.3. The third-order valence-electron chi connectivity index (χ3n) is 1.26. The van der Waals surface area contributed by atoms with Crippen LogP contribution >= 0.6 is 11.6 Å². The van der Waals surface area contributed by atoms with Crippen LogP contribution in [0.4, 0.5) is 4.79 Å². The van der Waals surface area contributed by atoms with Crippen molar-refractivity contribution in [3.05, 3.63) is 0 Å². The number of nitrogens with one attached hydrogen (secondary N) is 1. The van der Waals surface area contributed by atoms with Gasteiger partial charge in [-0.25, -0.2) is 4.79 Å². The van der Waals surface area contributed by atoms with Crippen molar-refractivity contribution < 1.29 is 14.3 Å². The monoisotopic (exact) mass is 208 g/mol. The van der Waals surface area contributed by atoms with E-state index in [1.165, 1.54) is 0 Å². The molecule has 0 aliphatic rings. The zero-order chi connectivity index (χ0) is 10.1. The van der Waals surface area contributed by atoms with E-state index in [0.717, 1.165) is 6.42 Å². The summed E-state index contributed by atoms with van der Waals surface area (Å²) in [5.41, 5.74) is 4.73. The summed E-state index contributed by atoms with van der Waals surface area (Å²) in [5.74, 6) is -0.227. The van der Waals surface area contributed by atoms with Gasteiger partial charge in [0.15, 0.2) is 0 Å². The molecule has 76 valence electrons. The molecule has 0 rings (SSSR count). The van der Waals surface area contributed by atoms with Crippen molar-refractivity contribution in [2.75, 3.05) is 19.0 Å². The number of alkyl halides is 1. The molecular weight excluding hydrogens is 196 g/mol. The Kier molecular flexibility index (Phi) is 7.10. The number of carbonyl (C=O) groups is 2. The number of hydrogen-bond donors (Lipinski definition) is 2. The molecule has 0 radical (unpaired) electrons. The second-order valence-electron chi connectivity index (χ2n) is 2.36. The molecule has 0 unspecified atom stereocenters. The number of primary amides is 1. The summed E-state index contributed by atoms with van der Waals surface area (Å²) < 4.78 is 4.48. The van der Waals surface area contributed by atoms with Gasteiger partial charge in [0.1, 0.15) is 5.88 Å². The fraction of sp³-hybridized carbons (Fsp3) is 0.714. The summed E-state index contributed by atoms with van der Waals surface area (Å²) >= 11 is 5.24. The highest BCUT2D eigenvalue weighted by atomic mass is 35.5. The molecule has 0 heterocycles. The SMILES string of the molecule is NC(=O)OCCCCNC(=O)CCl. The molecule has 0 aliphatic heterocycles. The summed E-state index contributed by atoms with van der Waals surface area (Å²) in [6.45, 7) is 0.819. The van der Waals surface area contributed by atoms with E-state index in [2.05, 4.69) is 10.1 Å². The van der Waals surface area contributed by atoms with Crippen LogP contribution in [0.3, 0.4) is 0 Å². The van der Waals surface area contributed by atoms with Crippen LogP contribution in [-0.4, -0.2) is 31.0 Å². The van der Waals surface area contributed by atoms with Gasteiger partial charge >= 0.3 is 6.09 Å². The molecule has 0 atom stereocenters. The van der Waals surface area contributed by atoms with Gasteiger partial charge in [-0.2, -0.15) is 0 Å². The smallest absolute Gasteiger partial charge is 0.404 e. The highest BCUT2D eigenvalue weighted by Crippen LogP contribution is 1.88. The van der Waals surface area contributed by atoms with Gasteiger partial charge in [0.2, 0.25) is 5.91 Å². The first kappa shape index (κ1) is 12.0. The maximum atomic E-state index is 10.6. The van der Waals surface area contributed by atoms with E-state index in [0.29, 0.717) is 13.0 Å². The van der Waals surface area contributed by atoms with Crippen LogP contribution in [0.25, 0.3) is 0 Å². The summed E-state index contributed by atoms with van der Waals surface area (Å²) in [6.07, 6.45) is 0.631. The highest BCUT2D eigenvalue weighted by Gasteiger charge is 1.97. The molecule has 0 aromatic carbocycles. The predicted molar refractivity (Wildman–Crippen MR) is 48.5 cm³/mol. The van der Waals surface area contributed by atoms with Crippen molar-refractivity contribution >= 4 is 23.6 Å². The Labute approximate surface area is 81.6 Å². The molecule has 0 spiro atoms. The van der Waals surface area contributed by atoms with E-state index < -0.39 is 6.09 Å². The van der Waals surface area contributed by atoms with Crippen molar-refractivity contribution in [3.8, 4) is 0 Å². The van der Waals surface area contributed by atoms with E-state index in [4.69, 9.17) is 17.3 Å². The Hall–Kier alpha value is -0.970. The molecule has 0 saturated heterocycles. The third-order valence-corrected chi connectivity index (χ3v) is 1.50. The minimum atomic E-state index is -0.773. The molecule has 5 nitrogen and oxygen atoms in total. The molecule has 0 aliphatic carbocycles. The van der Waals surface area contributed by atoms with Gasteiger partial charge in [-0.1, -0.05) is 0 Å². The first-order chi connectivity index (χ1) is 6.16. The predicted octanol–water partition coefficient (Wildman–Crippen LogP) is 0.217. The van der Waals surface area contributed by atoms with Crippen molar-refractivity contribution in [2.24, 2.45) is 5.73 Å². The summed E-state index contributed by atoms with van der Waals surface area (Å²) in [4.78, 5) is 20.7. The maximum absolute atomic E-state index is 10.6. The quantitative estimate of drug-likeness (QED) is 0.484. The first-order valence-electron chi connectivity index (χ1n) is 3.91. The fourth-order valence-corrected chi connectivity index (χ4v) is 0.769. The molecule has 0 bridgehead atoms. The van der Waals surface area contributed by atoms with Gasteiger partial charge in [-0.3, -0.25) is 4.79 Å². The normalized spacial score (nSPS) is 9.31. The van der Waals surface area contributed by atoms with Gasteiger partial charge in [0.05, 0.1) is 6.61 Å². The Balaban J connectivity index is 3.08. The van der Waals surface area contributed by atoms with Crippen LogP contribution in [0, 0.1) is 0 Å². The summed E-state index contributed by atoms with van der Waals surface area (Å²) in [6, 6.07) is 0. The van der Waals surface area contributed by atoms with Crippen LogP contribution in [-0.2, 0) is 9.53 Å². The van der Waals surface area contributed by atoms with Gasteiger partial charge in [0.25, 0.3) is 0 Å². The van der Waals surface area contributed by atoms with Gasteiger partial charge in [0, 0.05) is 6.54 Å². The number of unbranched alkanes of at least 4 members (excludes halogenated alkanes) is 1. The number of rotatable bonds is 6. The Morgan fingerprint density at radius 3 is 2.62 bits per heavy atom. The zero-order valence-electron chi connectivity index (χ0n) is 7.22. The van der Waals surface area contributed by atoms with Crippen LogP contribution in [0.5, 0.6) is 0 Å². The maximum Gasteiger partial charge on any atom is 0.404 e. The first-order valence-corrected chi connectivity index (χ1v) is 4.45. The average molecular weight is 209 g/mol. The van der Waals surface area contributed by atoms with Gasteiger partial charge < -0.3 is 15.8 Å². The lowest BCUT2D eigenvalue weighted by molar-refractivity contribution is -0.118. The largest absolute Gasteiger partial charge is 0.450 e. The number of hydrogen-bond acceptors (Lipinski definition) is 3. The van der Waals surface area contributed by atoms with Crippen LogP contribution < -0.4 is 11.1 Å². The van der Waals surface area contributed by atoms with Crippen LogP contribution in [0.15, 0.2) is 0 Å². The van der Waals surface area contributed by atoms with E-state index in [-0.39, 0.29) is 18.4 Å². The van der Waals surface area contributed by atoms with E-state index >= 15 is 0 Å². The highest BCUT2D eigenvalue weighted by molar-refractivity contribution is 6.27. The Morgan fingerprint density at radius 1 is 1.38 bits per heavy atom. The van der Waals surface area contributed by atoms with E-state index in [1.54, 1.807) is 0 Å². The van der Waals surface area contributed by atoms with E-state index in [1.807, 2.05) is 0 Å². The fourth-order valence-electron chi connectivity index (χ4n) is 0.675. The van der Waals surface area contributed by atoms with Crippen LogP contribution in [0.2, 0.25) is 0 Å². The molecule has 6 heteroatoms.